The Hall–Kier alpha value is -1.85. The fraction of sp³-hybridized carbons (Fsp3) is 0.912. The van der Waals surface area contributed by atoms with E-state index in [2.05, 4.69) is 32.9 Å². The smallest absolute Gasteiger partial charge is 0.306 e. The maximum atomic E-state index is 12.8. The van der Waals surface area contributed by atoms with Crippen molar-refractivity contribution in [2.24, 2.45) is 0 Å². The lowest BCUT2D eigenvalue weighted by molar-refractivity contribution is -0.167. The van der Waals surface area contributed by atoms with Gasteiger partial charge in [-0.25, -0.2) is 0 Å². The lowest BCUT2D eigenvalue weighted by Crippen LogP contribution is -2.30. The van der Waals surface area contributed by atoms with Crippen molar-refractivity contribution in [2.45, 2.75) is 322 Å². The first-order valence-electron chi connectivity index (χ1n) is 28.2. The number of hydrogen-bond donors (Lipinski definition) is 0. The van der Waals surface area contributed by atoms with Crippen molar-refractivity contribution >= 4 is 17.9 Å². The highest BCUT2D eigenvalue weighted by atomic mass is 16.6. The molecule has 0 aromatic heterocycles. The summed E-state index contributed by atoms with van der Waals surface area (Å²) in [6.07, 6.45) is 59.1. The van der Waals surface area contributed by atoms with Crippen LogP contribution in [0.25, 0.3) is 0 Å². The molecular weight excluding hydrogens is 781 g/mol. The minimum atomic E-state index is -0.768. The highest BCUT2D eigenvalue weighted by Crippen LogP contribution is 2.17. The Bertz CT molecular complexity index is 978. The van der Waals surface area contributed by atoms with Crippen molar-refractivity contribution in [2.75, 3.05) is 13.2 Å². The lowest BCUT2D eigenvalue weighted by Gasteiger charge is -2.18. The molecule has 0 saturated carbocycles. The molecule has 0 aliphatic heterocycles. The summed E-state index contributed by atoms with van der Waals surface area (Å²) in [5.41, 5.74) is 0. The lowest BCUT2D eigenvalue weighted by atomic mass is 10.0. The Balaban J connectivity index is 4.30. The summed E-state index contributed by atoms with van der Waals surface area (Å²) in [7, 11) is 0. The van der Waals surface area contributed by atoms with E-state index in [-0.39, 0.29) is 31.1 Å². The van der Waals surface area contributed by atoms with Crippen molar-refractivity contribution in [1.82, 2.24) is 0 Å². The number of esters is 3. The van der Waals surface area contributed by atoms with E-state index in [1.54, 1.807) is 0 Å². The molecule has 63 heavy (non-hydrogen) atoms. The second-order valence-corrected chi connectivity index (χ2v) is 19.2. The topological polar surface area (TPSA) is 78.9 Å². The minimum Gasteiger partial charge on any atom is -0.462 e. The molecule has 0 heterocycles. The van der Waals surface area contributed by atoms with Crippen LogP contribution in [0.2, 0.25) is 0 Å². The third-order valence-corrected chi connectivity index (χ3v) is 12.8. The standard InChI is InChI=1S/C57H108O6/c1-4-7-10-13-16-19-22-25-27-28-29-30-33-35-38-41-44-47-50-56(59)62-53-54(52-61-55(58)49-46-43-40-37-34-31-24-21-18-15-12-9-6-3)63-57(60)51-48-45-42-39-36-32-26-23-20-17-14-11-8-5-2/h23,26,54H,4-22,24-25,27-53H2,1-3H3/b26-23+/t54-/m1/s1. The molecule has 1 atom stereocenters. The summed E-state index contributed by atoms with van der Waals surface area (Å²) in [6.45, 7) is 6.67. The van der Waals surface area contributed by atoms with Gasteiger partial charge >= 0.3 is 17.9 Å². The van der Waals surface area contributed by atoms with Gasteiger partial charge < -0.3 is 14.2 Å². The Kier molecular flexibility index (Phi) is 51.2. The van der Waals surface area contributed by atoms with E-state index in [4.69, 9.17) is 14.2 Å². The molecule has 0 aliphatic rings. The molecule has 0 radical (unpaired) electrons. The molecule has 0 amide bonds. The van der Waals surface area contributed by atoms with E-state index >= 15 is 0 Å². The molecule has 0 spiro atoms. The van der Waals surface area contributed by atoms with Gasteiger partial charge in [0.15, 0.2) is 6.10 Å². The summed E-state index contributed by atoms with van der Waals surface area (Å²) in [4.78, 5) is 38.1. The molecule has 0 rings (SSSR count). The van der Waals surface area contributed by atoms with Gasteiger partial charge in [-0.2, -0.15) is 0 Å². The number of hydrogen-bond acceptors (Lipinski definition) is 6. The summed E-state index contributed by atoms with van der Waals surface area (Å²) < 4.78 is 16.9. The van der Waals surface area contributed by atoms with Gasteiger partial charge in [0.2, 0.25) is 0 Å². The summed E-state index contributed by atoms with van der Waals surface area (Å²) in [6, 6.07) is 0. The molecule has 6 nitrogen and oxygen atoms in total. The van der Waals surface area contributed by atoms with Gasteiger partial charge in [0.25, 0.3) is 0 Å². The molecule has 372 valence electrons. The second-order valence-electron chi connectivity index (χ2n) is 19.2. The largest absolute Gasteiger partial charge is 0.462 e. The monoisotopic (exact) mass is 889 g/mol. The highest BCUT2D eigenvalue weighted by Gasteiger charge is 2.19. The van der Waals surface area contributed by atoms with Crippen LogP contribution in [-0.2, 0) is 28.6 Å². The van der Waals surface area contributed by atoms with Crippen molar-refractivity contribution < 1.29 is 28.6 Å². The SMILES string of the molecule is CCCCCCC/C=C/CCCCCCCC(=O)O[C@H](COC(=O)CCCCCCCCCCCCCCC)COC(=O)CCCCCCCCCCCCCCCCCCCC. The zero-order chi connectivity index (χ0) is 45.8. The molecule has 6 heteroatoms. The Morgan fingerprint density at radius 3 is 0.794 bits per heavy atom. The quantitative estimate of drug-likeness (QED) is 0.0262. The van der Waals surface area contributed by atoms with Gasteiger partial charge in [-0.1, -0.05) is 264 Å². The van der Waals surface area contributed by atoms with Crippen LogP contribution in [0.1, 0.15) is 316 Å². The maximum Gasteiger partial charge on any atom is 0.306 e. The second kappa shape index (κ2) is 52.8. The van der Waals surface area contributed by atoms with Crippen LogP contribution >= 0.6 is 0 Å². The first-order valence-corrected chi connectivity index (χ1v) is 28.2. The zero-order valence-electron chi connectivity index (χ0n) is 42.6. The number of rotatable bonds is 52. The summed E-state index contributed by atoms with van der Waals surface area (Å²) >= 11 is 0. The Labute approximate surface area is 392 Å². The molecule has 0 aromatic carbocycles. The number of ether oxygens (including phenoxy) is 3. The van der Waals surface area contributed by atoms with Gasteiger partial charge in [0.05, 0.1) is 0 Å². The van der Waals surface area contributed by atoms with Crippen molar-refractivity contribution in [3.8, 4) is 0 Å². The molecular formula is C57H108O6. The molecule has 0 aliphatic carbocycles. The predicted octanol–water partition coefficient (Wildman–Crippen LogP) is 18.5. The van der Waals surface area contributed by atoms with E-state index in [0.717, 1.165) is 64.2 Å². The van der Waals surface area contributed by atoms with Crippen LogP contribution in [0, 0.1) is 0 Å². The van der Waals surface area contributed by atoms with Crippen molar-refractivity contribution in [3.05, 3.63) is 12.2 Å². The third kappa shape index (κ3) is 51.0. The number of carbonyl (C=O) groups excluding carboxylic acids is 3. The minimum absolute atomic E-state index is 0.0676. The van der Waals surface area contributed by atoms with E-state index in [0.29, 0.717) is 19.3 Å². The van der Waals surface area contributed by atoms with Crippen LogP contribution in [-0.4, -0.2) is 37.2 Å². The van der Waals surface area contributed by atoms with Gasteiger partial charge in [-0.15, -0.1) is 0 Å². The van der Waals surface area contributed by atoms with E-state index in [1.807, 2.05) is 0 Å². The Morgan fingerprint density at radius 1 is 0.302 bits per heavy atom. The van der Waals surface area contributed by atoms with Gasteiger partial charge in [0.1, 0.15) is 13.2 Å². The van der Waals surface area contributed by atoms with Crippen molar-refractivity contribution in [3.63, 3.8) is 0 Å². The molecule has 0 bridgehead atoms. The normalized spacial score (nSPS) is 12.0. The van der Waals surface area contributed by atoms with E-state index < -0.39 is 6.10 Å². The van der Waals surface area contributed by atoms with E-state index in [1.165, 1.54) is 212 Å². The van der Waals surface area contributed by atoms with E-state index in [9.17, 15) is 14.4 Å². The molecule has 0 unspecified atom stereocenters. The van der Waals surface area contributed by atoms with Gasteiger partial charge in [-0.3, -0.25) is 14.4 Å². The molecule has 0 aromatic rings. The number of unbranched alkanes of at least 4 members (excludes halogenated alkanes) is 39. The average molecular weight is 889 g/mol. The predicted molar refractivity (Wildman–Crippen MR) is 270 cm³/mol. The number of allylic oxidation sites excluding steroid dienone is 2. The van der Waals surface area contributed by atoms with Crippen LogP contribution < -0.4 is 0 Å². The first kappa shape index (κ1) is 61.1. The van der Waals surface area contributed by atoms with Crippen LogP contribution in [0.5, 0.6) is 0 Å². The average Bonchev–Trinajstić information content (AvgIpc) is 3.28. The molecule has 0 N–H and O–H groups in total. The van der Waals surface area contributed by atoms with Gasteiger partial charge in [0, 0.05) is 19.3 Å². The summed E-state index contributed by atoms with van der Waals surface area (Å²) in [5.74, 6) is -0.854. The Morgan fingerprint density at radius 2 is 0.524 bits per heavy atom. The van der Waals surface area contributed by atoms with Crippen LogP contribution in [0.4, 0.5) is 0 Å². The summed E-state index contributed by atoms with van der Waals surface area (Å²) in [5, 5.41) is 0. The third-order valence-electron chi connectivity index (χ3n) is 12.8. The molecule has 0 saturated heterocycles. The molecule has 0 fully saturated rings. The zero-order valence-corrected chi connectivity index (χ0v) is 42.6. The fourth-order valence-corrected chi connectivity index (χ4v) is 8.50. The van der Waals surface area contributed by atoms with Crippen LogP contribution in [0.3, 0.4) is 0 Å². The van der Waals surface area contributed by atoms with Crippen molar-refractivity contribution in [1.29, 1.82) is 0 Å². The van der Waals surface area contributed by atoms with Crippen LogP contribution in [0.15, 0.2) is 12.2 Å². The maximum absolute atomic E-state index is 12.8. The first-order chi connectivity index (χ1) is 31.0. The van der Waals surface area contributed by atoms with Gasteiger partial charge in [-0.05, 0) is 44.9 Å². The highest BCUT2D eigenvalue weighted by molar-refractivity contribution is 5.71. The fourth-order valence-electron chi connectivity index (χ4n) is 8.50. The number of carbonyl (C=O) groups is 3.